The number of thiocarbonyl (C=S) groups is 1. The predicted octanol–water partition coefficient (Wildman–Crippen LogP) is 1.96. The topological polar surface area (TPSA) is 46.2 Å². The van der Waals surface area contributed by atoms with E-state index in [4.69, 9.17) is 12.2 Å². The Hall–Kier alpha value is -0.590. The first kappa shape index (κ1) is 13.5. The molecular weight excluding hydrogens is 262 g/mol. The molecular formula is C10H13NO2S3. The Balaban J connectivity index is 2.78. The summed E-state index contributed by atoms with van der Waals surface area (Å²) in [5.74, 6) is -0.157. The van der Waals surface area contributed by atoms with Crippen molar-refractivity contribution in [3.05, 3.63) is 29.8 Å². The van der Waals surface area contributed by atoms with E-state index in [0.29, 0.717) is 9.22 Å². The first-order valence-corrected chi connectivity index (χ1v) is 7.85. The van der Waals surface area contributed by atoms with Gasteiger partial charge in [0.2, 0.25) is 0 Å². The third kappa shape index (κ3) is 3.77. The van der Waals surface area contributed by atoms with E-state index in [1.54, 1.807) is 30.5 Å². The molecule has 0 heterocycles. The van der Waals surface area contributed by atoms with Crippen molar-refractivity contribution in [1.82, 2.24) is 5.32 Å². The summed E-state index contributed by atoms with van der Waals surface area (Å²) in [5, 5.41) is 2.69. The molecule has 0 aliphatic heterocycles. The van der Waals surface area contributed by atoms with Gasteiger partial charge in [-0.3, -0.25) is 0 Å². The smallest absolute Gasteiger partial charge is 0.196 e. The Kier molecular flexibility index (Phi) is 4.76. The van der Waals surface area contributed by atoms with Crippen LogP contribution >= 0.6 is 24.0 Å². The molecule has 88 valence electrons. The van der Waals surface area contributed by atoms with Crippen LogP contribution in [-0.4, -0.2) is 24.9 Å². The predicted molar refractivity (Wildman–Crippen MR) is 72.5 cm³/mol. The number of benzene rings is 1. The highest BCUT2D eigenvalue weighted by atomic mass is 32.2. The van der Waals surface area contributed by atoms with Crippen LogP contribution in [0.2, 0.25) is 0 Å². The quantitative estimate of drug-likeness (QED) is 0.855. The van der Waals surface area contributed by atoms with Gasteiger partial charge in [0.15, 0.2) is 9.84 Å². The second kappa shape index (κ2) is 5.65. The van der Waals surface area contributed by atoms with E-state index in [9.17, 15) is 8.42 Å². The molecule has 6 heteroatoms. The Bertz CT molecular complexity index is 465. The van der Waals surface area contributed by atoms with E-state index in [1.807, 2.05) is 6.92 Å². The average molecular weight is 275 g/mol. The number of hydrogen-bond donors (Lipinski definition) is 1. The van der Waals surface area contributed by atoms with Crippen molar-refractivity contribution < 1.29 is 8.42 Å². The van der Waals surface area contributed by atoms with Gasteiger partial charge in [-0.1, -0.05) is 29.9 Å². The van der Waals surface area contributed by atoms with Gasteiger partial charge in [-0.05, 0) is 25.3 Å². The summed E-state index contributed by atoms with van der Waals surface area (Å²) in [7, 11) is -3.29. The summed E-state index contributed by atoms with van der Waals surface area (Å²) in [6.45, 7) is 1.91. The minimum atomic E-state index is -3.29. The van der Waals surface area contributed by atoms with Crippen molar-refractivity contribution in [2.45, 2.75) is 11.8 Å². The summed E-state index contributed by atoms with van der Waals surface area (Å²) < 4.78 is 24.1. The van der Waals surface area contributed by atoms with Crippen molar-refractivity contribution in [2.24, 2.45) is 0 Å². The Labute approximate surface area is 106 Å². The van der Waals surface area contributed by atoms with Gasteiger partial charge in [0.05, 0.1) is 4.90 Å². The maximum absolute atomic E-state index is 11.8. The van der Waals surface area contributed by atoms with Crippen molar-refractivity contribution in [3.63, 3.8) is 0 Å². The van der Waals surface area contributed by atoms with Crippen molar-refractivity contribution in [3.8, 4) is 0 Å². The number of aryl methyl sites for hydroxylation is 1. The van der Waals surface area contributed by atoms with Crippen LogP contribution in [0.5, 0.6) is 0 Å². The fourth-order valence-electron chi connectivity index (χ4n) is 1.06. The molecule has 0 aromatic heterocycles. The van der Waals surface area contributed by atoms with Gasteiger partial charge in [-0.15, -0.1) is 11.8 Å². The lowest BCUT2D eigenvalue weighted by Crippen LogP contribution is -2.26. The van der Waals surface area contributed by atoms with Crippen molar-refractivity contribution >= 4 is 38.1 Å². The third-order valence-electron chi connectivity index (χ3n) is 1.97. The van der Waals surface area contributed by atoms with Crippen LogP contribution < -0.4 is 5.32 Å². The van der Waals surface area contributed by atoms with Crippen LogP contribution in [0.25, 0.3) is 0 Å². The summed E-state index contributed by atoms with van der Waals surface area (Å²) in [6, 6.07) is 6.77. The van der Waals surface area contributed by atoms with Crippen LogP contribution in [0.1, 0.15) is 5.56 Å². The summed E-state index contributed by atoms with van der Waals surface area (Å²) in [6.07, 6.45) is 1.80. The molecule has 0 unspecified atom stereocenters. The van der Waals surface area contributed by atoms with Gasteiger partial charge >= 0.3 is 0 Å². The highest BCUT2D eigenvalue weighted by Crippen LogP contribution is 2.11. The highest BCUT2D eigenvalue weighted by molar-refractivity contribution is 8.22. The van der Waals surface area contributed by atoms with E-state index < -0.39 is 9.84 Å². The zero-order chi connectivity index (χ0) is 12.2. The lowest BCUT2D eigenvalue weighted by molar-refractivity contribution is 0.594. The zero-order valence-electron chi connectivity index (χ0n) is 9.06. The maximum Gasteiger partial charge on any atom is 0.196 e. The molecule has 1 N–H and O–H groups in total. The molecule has 0 radical (unpaired) electrons. The summed E-state index contributed by atoms with van der Waals surface area (Å²) in [5.41, 5.74) is 1.03. The number of thioether (sulfide) groups is 1. The van der Waals surface area contributed by atoms with Gasteiger partial charge < -0.3 is 5.32 Å². The van der Waals surface area contributed by atoms with E-state index in [1.165, 1.54) is 11.8 Å². The number of sulfone groups is 1. The van der Waals surface area contributed by atoms with Gasteiger partial charge in [-0.25, -0.2) is 8.42 Å². The molecule has 0 aliphatic rings. The molecule has 0 saturated heterocycles. The van der Waals surface area contributed by atoms with Gasteiger partial charge in [0.1, 0.15) is 10.2 Å². The van der Waals surface area contributed by atoms with Crippen molar-refractivity contribution in [2.75, 3.05) is 12.1 Å². The molecule has 1 aromatic carbocycles. The summed E-state index contributed by atoms with van der Waals surface area (Å²) >= 11 is 6.20. The van der Waals surface area contributed by atoms with Gasteiger partial charge in [-0.2, -0.15) is 0 Å². The normalized spacial score (nSPS) is 11.1. The van der Waals surface area contributed by atoms with Crippen LogP contribution in [-0.2, 0) is 9.84 Å². The van der Waals surface area contributed by atoms with Crippen LogP contribution in [0.4, 0.5) is 0 Å². The number of nitrogens with one attached hydrogen (secondary N) is 1. The molecule has 0 aliphatic carbocycles. The monoisotopic (exact) mass is 275 g/mol. The van der Waals surface area contributed by atoms with Crippen LogP contribution in [0.3, 0.4) is 0 Å². The fraction of sp³-hybridized carbons (Fsp3) is 0.300. The molecule has 0 atom stereocenters. The first-order valence-electron chi connectivity index (χ1n) is 4.57. The lowest BCUT2D eigenvalue weighted by Gasteiger charge is -2.07. The number of rotatable bonds is 3. The fourth-order valence-corrected chi connectivity index (χ4v) is 2.58. The molecule has 1 aromatic rings. The molecule has 1 rings (SSSR count). The molecule has 0 fully saturated rings. The van der Waals surface area contributed by atoms with E-state index in [2.05, 4.69) is 5.32 Å². The number of hydrogen-bond acceptors (Lipinski definition) is 4. The minimum absolute atomic E-state index is 0.157. The standard InChI is InChI=1S/C10H13NO2S3/c1-8-3-5-9(6-4-8)16(12,13)7-11-10(14)15-2/h3-6H,7H2,1-2H3,(H,11,14). The van der Waals surface area contributed by atoms with E-state index in [-0.39, 0.29) is 5.88 Å². The first-order chi connectivity index (χ1) is 7.45. The minimum Gasteiger partial charge on any atom is -0.357 e. The largest absolute Gasteiger partial charge is 0.357 e. The maximum atomic E-state index is 11.8. The molecule has 0 amide bonds. The third-order valence-corrected chi connectivity index (χ3v) is 4.65. The second-order valence-corrected chi connectivity index (χ2v) is 6.71. The van der Waals surface area contributed by atoms with Gasteiger partial charge in [0.25, 0.3) is 0 Å². The molecule has 16 heavy (non-hydrogen) atoms. The Morgan fingerprint density at radius 2 is 1.94 bits per heavy atom. The Morgan fingerprint density at radius 1 is 1.38 bits per heavy atom. The van der Waals surface area contributed by atoms with Crippen LogP contribution in [0.15, 0.2) is 29.2 Å². The van der Waals surface area contributed by atoms with Crippen LogP contribution in [0, 0.1) is 6.92 Å². The molecule has 0 spiro atoms. The van der Waals surface area contributed by atoms with Crippen molar-refractivity contribution in [1.29, 1.82) is 0 Å². The lowest BCUT2D eigenvalue weighted by atomic mass is 10.2. The van der Waals surface area contributed by atoms with E-state index >= 15 is 0 Å². The second-order valence-electron chi connectivity index (χ2n) is 3.24. The molecule has 0 bridgehead atoms. The molecule has 3 nitrogen and oxygen atoms in total. The van der Waals surface area contributed by atoms with E-state index in [0.717, 1.165) is 5.56 Å². The zero-order valence-corrected chi connectivity index (χ0v) is 11.5. The average Bonchev–Trinajstić information content (AvgIpc) is 2.26. The SMILES string of the molecule is CSC(=S)NCS(=O)(=O)c1ccc(C)cc1. The summed E-state index contributed by atoms with van der Waals surface area (Å²) in [4.78, 5) is 0.314. The van der Waals surface area contributed by atoms with Gasteiger partial charge in [0, 0.05) is 0 Å². The molecule has 0 saturated carbocycles. The highest BCUT2D eigenvalue weighted by Gasteiger charge is 2.13. The Morgan fingerprint density at radius 3 is 2.44 bits per heavy atom.